The molecule has 0 aromatic carbocycles. The van der Waals surface area contributed by atoms with Gasteiger partial charge in [-0.2, -0.15) is 0 Å². The number of aromatic carboxylic acids is 1. The first-order valence-electron chi connectivity index (χ1n) is 6.83. The number of aromatic nitrogens is 1. The fraction of sp³-hybridized carbons (Fsp3) is 0.667. The van der Waals surface area contributed by atoms with Crippen molar-refractivity contribution in [2.45, 2.75) is 59.4 Å². The quantitative estimate of drug-likeness (QED) is 0.886. The maximum Gasteiger partial charge on any atom is 0.337 e. The molecular weight excluding hydrogens is 226 g/mol. The number of hydrogen-bond acceptors (Lipinski definition) is 1. The molecule has 1 aromatic heterocycles. The first kappa shape index (κ1) is 13.2. The number of carboxylic acid groups (broad SMARTS) is 1. The minimum Gasteiger partial charge on any atom is -0.478 e. The summed E-state index contributed by atoms with van der Waals surface area (Å²) in [7, 11) is 0. The lowest BCUT2D eigenvalue weighted by atomic mass is 9.75. The normalized spacial score (nSPS) is 18.8. The van der Waals surface area contributed by atoms with Crippen molar-refractivity contribution >= 4 is 5.97 Å². The summed E-state index contributed by atoms with van der Waals surface area (Å²) < 4.78 is 2.19. The van der Waals surface area contributed by atoms with E-state index in [1.165, 1.54) is 32.1 Å². The summed E-state index contributed by atoms with van der Waals surface area (Å²) in [5.74, 6) is -0.817. The summed E-state index contributed by atoms with van der Waals surface area (Å²) in [5, 5.41) is 9.16. The Kier molecular flexibility index (Phi) is 3.51. The van der Waals surface area contributed by atoms with E-state index in [2.05, 4.69) is 11.5 Å². The number of rotatable bonds is 3. The summed E-state index contributed by atoms with van der Waals surface area (Å²) >= 11 is 0. The first-order chi connectivity index (χ1) is 8.43. The minimum atomic E-state index is -0.817. The van der Waals surface area contributed by atoms with Crippen LogP contribution < -0.4 is 0 Å². The molecule has 0 aliphatic heterocycles. The molecule has 0 bridgehead atoms. The maximum absolute atomic E-state index is 11.1. The molecule has 0 atom stereocenters. The van der Waals surface area contributed by atoms with Gasteiger partial charge in [0.05, 0.1) is 5.56 Å². The van der Waals surface area contributed by atoms with Crippen LogP contribution >= 0.6 is 0 Å². The Morgan fingerprint density at radius 2 is 1.94 bits per heavy atom. The molecule has 0 spiro atoms. The number of carboxylic acids is 1. The van der Waals surface area contributed by atoms with E-state index in [-0.39, 0.29) is 0 Å². The van der Waals surface area contributed by atoms with E-state index < -0.39 is 5.97 Å². The highest BCUT2D eigenvalue weighted by Crippen LogP contribution is 2.38. The van der Waals surface area contributed by atoms with Crippen LogP contribution in [0.15, 0.2) is 6.07 Å². The molecule has 1 aliphatic carbocycles. The Morgan fingerprint density at radius 1 is 1.33 bits per heavy atom. The Balaban J connectivity index is 2.26. The zero-order valence-corrected chi connectivity index (χ0v) is 11.6. The molecule has 1 N–H and O–H groups in total. The van der Waals surface area contributed by atoms with Crippen molar-refractivity contribution < 1.29 is 9.90 Å². The summed E-state index contributed by atoms with van der Waals surface area (Å²) in [6, 6.07) is 1.80. The Hall–Kier alpha value is -1.25. The molecule has 1 heterocycles. The van der Waals surface area contributed by atoms with Gasteiger partial charge in [-0.05, 0) is 38.2 Å². The lowest BCUT2D eigenvalue weighted by molar-refractivity contribution is 0.0695. The summed E-state index contributed by atoms with van der Waals surface area (Å²) in [6.45, 7) is 7.22. The standard InChI is InChI=1S/C15H23NO2/c1-11-9-13(14(17)18)12(2)16(11)10-15(3)7-5-4-6-8-15/h9H,4-8,10H2,1-3H3,(H,17,18). The summed E-state index contributed by atoms with van der Waals surface area (Å²) in [6.07, 6.45) is 6.47. The van der Waals surface area contributed by atoms with E-state index in [1.54, 1.807) is 6.07 Å². The molecule has 2 rings (SSSR count). The molecule has 3 heteroatoms. The zero-order chi connectivity index (χ0) is 13.3. The van der Waals surface area contributed by atoms with Gasteiger partial charge in [-0.15, -0.1) is 0 Å². The van der Waals surface area contributed by atoms with Gasteiger partial charge in [0.25, 0.3) is 0 Å². The molecule has 0 radical (unpaired) electrons. The topological polar surface area (TPSA) is 42.2 Å². The van der Waals surface area contributed by atoms with Crippen LogP contribution in [-0.4, -0.2) is 15.6 Å². The van der Waals surface area contributed by atoms with E-state index in [4.69, 9.17) is 5.11 Å². The average Bonchev–Trinajstić information content (AvgIpc) is 2.58. The van der Waals surface area contributed by atoms with Gasteiger partial charge < -0.3 is 9.67 Å². The number of nitrogens with zero attached hydrogens (tertiary/aromatic N) is 1. The molecule has 100 valence electrons. The lowest BCUT2D eigenvalue weighted by Gasteiger charge is -2.35. The van der Waals surface area contributed by atoms with Crippen LogP contribution in [0.2, 0.25) is 0 Å². The van der Waals surface area contributed by atoms with E-state index >= 15 is 0 Å². The van der Waals surface area contributed by atoms with Crippen LogP contribution in [0.5, 0.6) is 0 Å². The van der Waals surface area contributed by atoms with Crippen LogP contribution in [0.25, 0.3) is 0 Å². The van der Waals surface area contributed by atoms with Crippen molar-refractivity contribution in [2.75, 3.05) is 0 Å². The third-order valence-corrected chi connectivity index (χ3v) is 4.40. The summed E-state index contributed by atoms with van der Waals surface area (Å²) in [5.41, 5.74) is 2.75. The molecule has 1 aromatic rings. The highest BCUT2D eigenvalue weighted by molar-refractivity contribution is 5.89. The van der Waals surface area contributed by atoms with Gasteiger partial charge in [0.1, 0.15) is 0 Å². The molecule has 18 heavy (non-hydrogen) atoms. The predicted molar refractivity (Wildman–Crippen MR) is 72.1 cm³/mol. The lowest BCUT2D eigenvalue weighted by Crippen LogP contribution is -2.27. The van der Waals surface area contributed by atoms with Crippen molar-refractivity contribution in [3.8, 4) is 0 Å². The maximum atomic E-state index is 11.1. The van der Waals surface area contributed by atoms with Gasteiger partial charge >= 0.3 is 5.97 Å². The molecule has 0 unspecified atom stereocenters. The minimum absolute atomic E-state index is 0.336. The third kappa shape index (κ3) is 2.45. The molecule has 0 amide bonds. The van der Waals surface area contributed by atoms with E-state index in [9.17, 15) is 4.79 Å². The zero-order valence-electron chi connectivity index (χ0n) is 11.6. The fourth-order valence-corrected chi connectivity index (χ4v) is 3.21. The van der Waals surface area contributed by atoms with Crippen LogP contribution in [0.1, 0.15) is 60.8 Å². The van der Waals surface area contributed by atoms with Crippen molar-refractivity contribution in [3.63, 3.8) is 0 Å². The van der Waals surface area contributed by atoms with Gasteiger partial charge in [0.2, 0.25) is 0 Å². The van der Waals surface area contributed by atoms with Gasteiger partial charge in [0, 0.05) is 17.9 Å². The molecule has 1 saturated carbocycles. The van der Waals surface area contributed by atoms with E-state index in [0.29, 0.717) is 11.0 Å². The Morgan fingerprint density at radius 3 is 2.44 bits per heavy atom. The number of aryl methyl sites for hydroxylation is 1. The smallest absolute Gasteiger partial charge is 0.337 e. The van der Waals surface area contributed by atoms with E-state index in [0.717, 1.165) is 17.9 Å². The SMILES string of the molecule is Cc1cc(C(=O)O)c(C)n1CC1(C)CCCCC1. The second-order valence-electron chi connectivity index (χ2n) is 6.05. The second kappa shape index (κ2) is 4.79. The van der Waals surface area contributed by atoms with E-state index in [1.807, 2.05) is 13.8 Å². The van der Waals surface area contributed by atoms with Crippen LogP contribution in [-0.2, 0) is 6.54 Å². The molecule has 3 nitrogen and oxygen atoms in total. The highest BCUT2D eigenvalue weighted by atomic mass is 16.4. The molecular formula is C15H23NO2. The third-order valence-electron chi connectivity index (χ3n) is 4.40. The Labute approximate surface area is 109 Å². The predicted octanol–water partition coefficient (Wildman–Crippen LogP) is 3.77. The average molecular weight is 249 g/mol. The van der Waals surface area contributed by atoms with Crippen LogP contribution in [0, 0.1) is 19.3 Å². The van der Waals surface area contributed by atoms with Gasteiger partial charge in [0.15, 0.2) is 0 Å². The number of carbonyl (C=O) groups is 1. The van der Waals surface area contributed by atoms with Crippen molar-refractivity contribution in [3.05, 3.63) is 23.0 Å². The molecule has 1 fully saturated rings. The second-order valence-corrected chi connectivity index (χ2v) is 6.05. The van der Waals surface area contributed by atoms with Gasteiger partial charge in [-0.1, -0.05) is 26.2 Å². The first-order valence-corrected chi connectivity index (χ1v) is 6.83. The van der Waals surface area contributed by atoms with Crippen molar-refractivity contribution in [1.29, 1.82) is 0 Å². The van der Waals surface area contributed by atoms with Crippen molar-refractivity contribution in [2.24, 2.45) is 5.41 Å². The monoisotopic (exact) mass is 249 g/mol. The number of hydrogen-bond donors (Lipinski definition) is 1. The van der Waals surface area contributed by atoms with Crippen molar-refractivity contribution in [1.82, 2.24) is 4.57 Å². The molecule has 1 aliphatic rings. The largest absolute Gasteiger partial charge is 0.478 e. The van der Waals surface area contributed by atoms with Gasteiger partial charge in [-0.3, -0.25) is 0 Å². The molecule has 0 saturated heterocycles. The van der Waals surface area contributed by atoms with Gasteiger partial charge in [-0.25, -0.2) is 4.79 Å². The summed E-state index contributed by atoms with van der Waals surface area (Å²) in [4.78, 5) is 11.1. The van der Waals surface area contributed by atoms with Crippen LogP contribution in [0.3, 0.4) is 0 Å². The van der Waals surface area contributed by atoms with Crippen LogP contribution in [0.4, 0.5) is 0 Å². The Bertz CT molecular complexity index is 453. The highest BCUT2D eigenvalue weighted by Gasteiger charge is 2.28. The fourth-order valence-electron chi connectivity index (χ4n) is 3.21.